The summed E-state index contributed by atoms with van der Waals surface area (Å²) < 4.78 is 34.1. The number of alkyl halides is 2. The van der Waals surface area contributed by atoms with Crippen LogP contribution in [0.4, 0.5) is 8.78 Å². The van der Waals surface area contributed by atoms with E-state index in [0.717, 1.165) is 0 Å². The number of ether oxygens (including phenoxy) is 2. The van der Waals surface area contributed by atoms with Crippen molar-refractivity contribution in [2.24, 2.45) is 0 Å². The van der Waals surface area contributed by atoms with Crippen molar-refractivity contribution in [2.75, 3.05) is 7.11 Å². The molecule has 0 amide bonds. The van der Waals surface area contributed by atoms with Crippen molar-refractivity contribution in [2.45, 2.75) is 6.61 Å². The Kier molecular flexibility index (Phi) is 4.24. The molecule has 0 aliphatic rings. The summed E-state index contributed by atoms with van der Waals surface area (Å²) in [6, 6.07) is 7.26. The molecule has 4 nitrogen and oxygen atoms in total. The van der Waals surface area contributed by atoms with Crippen molar-refractivity contribution in [1.82, 2.24) is 4.98 Å². The Morgan fingerprint density at radius 2 is 2.10 bits per heavy atom. The fourth-order valence-electron chi connectivity index (χ4n) is 1.66. The molecule has 2 aromatic rings. The summed E-state index contributed by atoms with van der Waals surface area (Å²) in [5, 5.41) is 0. The maximum Gasteiger partial charge on any atom is 0.387 e. The maximum absolute atomic E-state index is 12.4. The van der Waals surface area contributed by atoms with E-state index in [1.165, 1.54) is 37.7 Å². The molecule has 1 heterocycles. The molecule has 20 heavy (non-hydrogen) atoms. The summed E-state index contributed by atoms with van der Waals surface area (Å²) in [7, 11) is 1.39. The van der Waals surface area contributed by atoms with Gasteiger partial charge in [-0.05, 0) is 24.3 Å². The second kappa shape index (κ2) is 6.10. The van der Waals surface area contributed by atoms with Crippen LogP contribution in [0.3, 0.4) is 0 Å². The Hall–Kier alpha value is -2.50. The van der Waals surface area contributed by atoms with Crippen molar-refractivity contribution in [3.05, 3.63) is 53.9 Å². The lowest BCUT2D eigenvalue weighted by Gasteiger charge is -2.11. The van der Waals surface area contributed by atoms with E-state index in [2.05, 4.69) is 9.72 Å². The molecule has 0 fully saturated rings. The number of benzene rings is 1. The van der Waals surface area contributed by atoms with Gasteiger partial charge >= 0.3 is 6.61 Å². The highest BCUT2D eigenvalue weighted by Crippen LogP contribution is 2.28. The fraction of sp³-hybridized carbons (Fsp3) is 0.143. The molecule has 0 unspecified atom stereocenters. The third kappa shape index (κ3) is 3.09. The van der Waals surface area contributed by atoms with Crippen LogP contribution in [-0.4, -0.2) is 24.5 Å². The van der Waals surface area contributed by atoms with Crippen LogP contribution in [0.5, 0.6) is 11.5 Å². The van der Waals surface area contributed by atoms with Gasteiger partial charge in [-0.15, -0.1) is 0 Å². The summed E-state index contributed by atoms with van der Waals surface area (Å²) in [6.45, 7) is -3.03. The van der Waals surface area contributed by atoms with E-state index in [-0.39, 0.29) is 16.9 Å². The van der Waals surface area contributed by atoms with Crippen LogP contribution in [0.25, 0.3) is 0 Å². The molecule has 0 bridgehead atoms. The minimum absolute atomic E-state index is 0.0269. The Morgan fingerprint density at radius 3 is 2.70 bits per heavy atom. The van der Waals surface area contributed by atoms with Crippen LogP contribution in [-0.2, 0) is 0 Å². The van der Waals surface area contributed by atoms with Gasteiger partial charge in [-0.1, -0.05) is 0 Å². The first-order valence-corrected chi connectivity index (χ1v) is 5.69. The lowest BCUT2D eigenvalue weighted by Crippen LogP contribution is -2.09. The lowest BCUT2D eigenvalue weighted by molar-refractivity contribution is -0.0502. The SMILES string of the molecule is COc1ccc(C(=O)c2cccnc2)c(OC(F)F)c1. The molecule has 0 aliphatic heterocycles. The number of hydrogen-bond acceptors (Lipinski definition) is 4. The zero-order valence-electron chi connectivity index (χ0n) is 10.5. The van der Waals surface area contributed by atoms with E-state index in [0.29, 0.717) is 5.75 Å². The zero-order chi connectivity index (χ0) is 14.5. The molecule has 2 rings (SSSR count). The molecule has 0 atom stereocenters. The van der Waals surface area contributed by atoms with Crippen molar-refractivity contribution in [3.63, 3.8) is 0 Å². The van der Waals surface area contributed by atoms with Gasteiger partial charge in [0.05, 0.1) is 12.7 Å². The van der Waals surface area contributed by atoms with E-state index in [1.54, 1.807) is 12.1 Å². The highest BCUT2D eigenvalue weighted by Gasteiger charge is 2.18. The standard InChI is InChI=1S/C14H11F2NO3/c1-19-10-4-5-11(12(7-10)20-14(15)16)13(18)9-3-2-6-17-8-9/h2-8,14H,1H3. The monoisotopic (exact) mass is 279 g/mol. The number of methoxy groups -OCH3 is 1. The van der Waals surface area contributed by atoms with Gasteiger partial charge in [-0.2, -0.15) is 8.78 Å². The summed E-state index contributed by atoms with van der Waals surface area (Å²) in [6.07, 6.45) is 2.88. The minimum atomic E-state index is -3.03. The average Bonchev–Trinajstić information content (AvgIpc) is 2.46. The molecule has 1 aromatic heterocycles. The smallest absolute Gasteiger partial charge is 0.387 e. The molecule has 0 N–H and O–H groups in total. The summed E-state index contributed by atoms with van der Waals surface area (Å²) in [5.74, 6) is -0.354. The van der Waals surface area contributed by atoms with Crippen LogP contribution >= 0.6 is 0 Å². The molecule has 0 aliphatic carbocycles. The molecular formula is C14H11F2NO3. The van der Waals surface area contributed by atoms with Gasteiger partial charge in [-0.25, -0.2) is 0 Å². The van der Waals surface area contributed by atoms with E-state index < -0.39 is 12.4 Å². The number of carbonyl (C=O) groups is 1. The van der Waals surface area contributed by atoms with Crippen molar-refractivity contribution in [1.29, 1.82) is 0 Å². The van der Waals surface area contributed by atoms with Gasteiger partial charge in [0.25, 0.3) is 0 Å². The Labute approximate surface area is 114 Å². The highest BCUT2D eigenvalue weighted by molar-refractivity contribution is 6.10. The predicted molar refractivity (Wildman–Crippen MR) is 67.3 cm³/mol. The normalized spacial score (nSPS) is 10.4. The van der Waals surface area contributed by atoms with E-state index in [1.807, 2.05) is 0 Å². The average molecular weight is 279 g/mol. The molecule has 1 aromatic carbocycles. The Balaban J connectivity index is 2.42. The predicted octanol–water partition coefficient (Wildman–Crippen LogP) is 2.92. The molecule has 0 saturated carbocycles. The molecule has 0 radical (unpaired) electrons. The van der Waals surface area contributed by atoms with Gasteiger partial charge in [0, 0.05) is 24.0 Å². The largest absolute Gasteiger partial charge is 0.497 e. The van der Waals surface area contributed by atoms with Crippen LogP contribution < -0.4 is 9.47 Å². The first-order valence-electron chi connectivity index (χ1n) is 5.69. The molecule has 0 saturated heterocycles. The third-order valence-corrected chi connectivity index (χ3v) is 2.57. The number of aromatic nitrogens is 1. The molecule has 6 heteroatoms. The number of hydrogen-bond donors (Lipinski definition) is 0. The van der Waals surface area contributed by atoms with Crippen molar-refractivity contribution >= 4 is 5.78 Å². The fourth-order valence-corrected chi connectivity index (χ4v) is 1.66. The van der Waals surface area contributed by atoms with E-state index in [9.17, 15) is 13.6 Å². The first-order chi connectivity index (χ1) is 9.61. The lowest BCUT2D eigenvalue weighted by atomic mass is 10.0. The van der Waals surface area contributed by atoms with Gasteiger partial charge in [0.15, 0.2) is 5.78 Å². The number of carbonyl (C=O) groups excluding carboxylic acids is 1. The van der Waals surface area contributed by atoms with Crippen LogP contribution in [0.1, 0.15) is 15.9 Å². The Bertz CT molecular complexity index is 603. The van der Waals surface area contributed by atoms with Gasteiger partial charge in [-0.3, -0.25) is 9.78 Å². The third-order valence-electron chi connectivity index (χ3n) is 2.57. The van der Waals surface area contributed by atoms with Gasteiger partial charge in [0.2, 0.25) is 0 Å². The minimum Gasteiger partial charge on any atom is -0.497 e. The second-order valence-corrected chi connectivity index (χ2v) is 3.81. The zero-order valence-corrected chi connectivity index (χ0v) is 10.5. The number of halogens is 2. The maximum atomic E-state index is 12.4. The number of rotatable bonds is 5. The topological polar surface area (TPSA) is 48.4 Å². The summed E-state index contributed by atoms with van der Waals surface area (Å²) in [4.78, 5) is 16.1. The van der Waals surface area contributed by atoms with Crippen LogP contribution in [0, 0.1) is 0 Å². The summed E-state index contributed by atoms with van der Waals surface area (Å²) in [5.41, 5.74) is 0.316. The van der Waals surface area contributed by atoms with Crippen molar-refractivity contribution < 1.29 is 23.0 Å². The van der Waals surface area contributed by atoms with E-state index >= 15 is 0 Å². The molecule has 104 valence electrons. The second-order valence-electron chi connectivity index (χ2n) is 3.81. The highest BCUT2D eigenvalue weighted by atomic mass is 19.3. The summed E-state index contributed by atoms with van der Waals surface area (Å²) >= 11 is 0. The molecular weight excluding hydrogens is 268 g/mol. The molecule has 0 spiro atoms. The number of ketones is 1. The van der Waals surface area contributed by atoms with Crippen LogP contribution in [0.15, 0.2) is 42.7 Å². The first kappa shape index (κ1) is 13.9. The van der Waals surface area contributed by atoms with E-state index in [4.69, 9.17) is 4.74 Å². The Morgan fingerprint density at radius 1 is 1.30 bits per heavy atom. The number of nitrogens with zero attached hydrogens (tertiary/aromatic N) is 1. The van der Waals surface area contributed by atoms with Crippen LogP contribution in [0.2, 0.25) is 0 Å². The quantitative estimate of drug-likeness (QED) is 0.790. The number of pyridine rings is 1. The van der Waals surface area contributed by atoms with Gasteiger partial charge in [0.1, 0.15) is 11.5 Å². The van der Waals surface area contributed by atoms with Gasteiger partial charge < -0.3 is 9.47 Å². The van der Waals surface area contributed by atoms with Crippen molar-refractivity contribution in [3.8, 4) is 11.5 Å².